The summed E-state index contributed by atoms with van der Waals surface area (Å²) in [6, 6.07) is 0. The summed E-state index contributed by atoms with van der Waals surface area (Å²) < 4.78 is 0. The normalized spacial score (nSPS) is 12.9. The Bertz CT molecular complexity index is 437. The maximum Gasteiger partial charge on any atom is 0.303 e. The molecule has 112 valence electrons. The highest BCUT2D eigenvalue weighted by Gasteiger charge is 2.25. The first-order chi connectivity index (χ1) is 9.30. The number of carbonyl (C=O) groups excluding carboxylic acids is 1. The minimum atomic E-state index is -0.786. The topological polar surface area (TPSA) is 108 Å². The highest BCUT2D eigenvalue weighted by atomic mass is 16.4. The highest BCUT2D eigenvalue weighted by molar-refractivity contribution is 5.91. The molecule has 0 bridgehead atoms. The van der Waals surface area contributed by atoms with Gasteiger partial charge in [-0.05, 0) is 24.2 Å². The summed E-state index contributed by atoms with van der Waals surface area (Å²) in [5.74, 6) is -0.827. The molecule has 7 nitrogen and oxygen atoms in total. The summed E-state index contributed by atoms with van der Waals surface area (Å²) in [5, 5.41) is 21.2. The molecule has 1 atom stereocenters. The summed E-state index contributed by atoms with van der Waals surface area (Å²) in [5.41, 5.74) is 0.261. The number of carboxylic acids is 1. The first-order valence-corrected chi connectivity index (χ1v) is 6.66. The predicted octanol–water partition coefficient (Wildman–Crippen LogP) is 1.45. The van der Waals surface area contributed by atoms with Crippen LogP contribution in [-0.2, 0) is 4.79 Å². The van der Waals surface area contributed by atoms with Gasteiger partial charge in [0.25, 0.3) is 5.91 Å². The third kappa shape index (κ3) is 5.38. The van der Waals surface area contributed by atoms with Gasteiger partial charge in [0, 0.05) is 13.0 Å². The van der Waals surface area contributed by atoms with Gasteiger partial charge in [-0.2, -0.15) is 15.4 Å². The Kier molecular flexibility index (Phi) is 5.66. The summed E-state index contributed by atoms with van der Waals surface area (Å²) in [6.07, 6.45) is 2.86. The molecule has 0 fully saturated rings. The van der Waals surface area contributed by atoms with Crippen molar-refractivity contribution < 1.29 is 14.7 Å². The van der Waals surface area contributed by atoms with Crippen molar-refractivity contribution in [2.24, 2.45) is 11.3 Å². The lowest BCUT2D eigenvalue weighted by Crippen LogP contribution is -2.30. The molecular weight excluding hydrogens is 260 g/mol. The molecule has 1 rings (SSSR count). The SMILES string of the molecule is CC(C)(C)C(CCNC(=O)c1cn[nH]n1)CCC(=O)O. The molecule has 0 saturated heterocycles. The maximum atomic E-state index is 11.7. The number of carbonyl (C=O) groups is 2. The van der Waals surface area contributed by atoms with Crippen molar-refractivity contribution in [1.29, 1.82) is 0 Å². The van der Waals surface area contributed by atoms with E-state index in [1.807, 2.05) is 0 Å². The van der Waals surface area contributed by atoms with E-state index < -0.39 is 5.97 Å². The van der Waals surface area contributed by atoms with Gasteiger partial charge in [0.15, 0.2) is 5.69 Å². The Hall–Kier alpha value is -1.92. The van der Waals surface area contributed by atoms with Gasteiger partial charge in [0.1, 0.15) is 0 Å². The molecule has 1 aromatic heterocycles. The van der Waals surface area contributed by atoms with Crippen LogP contribution in [0.15, 0.2) is 6.20 Å². The molecule has 7 heteroatoms. The number of nitrogens with one attached hydrogen (secondary N) is 2. The molecule has 20 heavy (non-hydrogen) atoms. The van der Waals surface area contributed by atoms with E-state index in [0.29, 0.717) is 13.0 Å². The first kappa shape index (κ1) is 16.1. The van der Waals surface area contributed by atoms with Crippen LogP contribution in [0.4, 0.5) is 0 Å². The third-order valence-corrected chi connectivity index (χ3v) is 3.36. The van der Waals surface area contributed by atoms with E-state index in [9.17, 15) is 9.59 Å². The average Bonchev–Trinajstić information content (AvgIpc) is 2.84. The molecule has 0 aliphatic carbocycles. The van der Waals surface area contributed by atoms with Crippen LogP contribution in [-0.4, -0.2) is 38.9 Å². The number of amides is 1. The second kappa shape index (κ2) is 7.02. The molecule has 1 heterocycles. The first-order valence-electron chi connectivity index (χ1n) is 6.66. The number of hydrogen-bond acceptors (Lipinski definition) is 4. The van der Waals surface area contributed by atoms with E-state index in [-0.39, 0.29) is 29.4 Å². The number of rotatable bonds is 7. The lowest BCUT2D eigenvalue weighted by atomic mass is 9.76. The van der Waals surface area contributed by atoms with Crippen LogP contribution in [0.3, 0.4) is 0 Å². The van der Waals surface area contributed by atoms with Crippen LogP contribution in [0, 0.1) is 11.3 Å². The van der Waals surface area contributed by atoms with E-state index >= 15 is 0 Å². The van der Waals surface area contributed by atoms with E-state index in [4.69, 9.17) is 5.11 Å². The van der Waals surface area contributed by atoms with Gasteiger partial charge >= 0.3 is 5.97 Å². The number of aromatic amines is 1. The van der Waals surface area contributed by atoms with Gasteiger partial charge < -0.3 is 10.4 Å². The lowest BCUT2D eigenvalue weighted by Gasteiger charge is -2.30. The Morgan fingerprint density at radius 1 is 1.40 bits per heavy atom. The lowest BCUT2D eigenvalue weighted by molar-refractivity contribution is -0.137. The van der Waals surface area contributed by atoms with Gasteiger partial charge in [0.2, 0.25) is 0 Å². The van der Waals surface area contributed by atoms with Crippen molar-refractivity contribution in [3.63, 3.8) is 0 Å². The van der Waals surface area contributed by atoms with Crippen molar-refractivity contribution in [2.45, 2.75) is 40.0 Å². The van der Waals surface area contributed by atoms with E-state index in [1.165, 1.54) is 6.20 Å². The fraction of sp³-hybridized carbons (Fsp3) is 0.692. The number of hydrogen-bond donors (Lipinski definition) is 3. The summed E-state index contributed by atoms with van der Waals surface area (Å²) in [4.78, 5) is 22.4. The average molecular weight is 282 g/mol. The van der Waals surface area contributed by atoms with E-state index in [1.54, 1.807) is 0 Å². The number of aromatic nitrogens is 3. The Balaban J connectivity index is 2.42. The monoisotopic (exact) mass is 282 g/mol. The molecule has 3 N–H and O–H groups in total. The molecule has 0 saturated carbocycles. The molecule has 0 aliphatic rings. The molecule has 1 amide bonds. The quantitative estimate of drug-likeness (QED) is 0.701. The smallest absolute Gasteiger partial charge is 0.303 e. The minimum absolute atomic E-state index is 0.00800. The zero-order valence-electron chi connectivity index (χ0n) is 12.1. The van der Waals surface area contributed by atoms with Crippen molar-refractivity contribution in [3.8, 4) is 0 Å². The van der Waals surface area contributed by atoms with Crippen molar-refractivity contribution >= 4 is 11.9 Å². The van der Waals surface area contributed by atoms with E-state index in [0.717, 1.165) is 6.42 Å². The largest absolute Gasteiger partial charge is 0.481 e. The van der Waals surface area contributed by atoms with Crippen LogP contribution >= 0.6 is 0 Å². The van der Waals surface area contributed by atoms with Crippen LogP contribution in [0.2, 0.25) is 0 Å². The Morgan fingerprint density at radius 3 is 2.60 bits per heavy atom. The number of aliphatic carboxylic acids is 1. The second-order valence-corrected chi connectivity index (χ2v) is 5.90. The molecule has 1 aromatic rings. The summed E-state index contributed by atoms with van der Waals surface area (Å²) in [6.45, 7) is 6.74. The number of nitrogens with zero attached hydrogens (tertiary/aromatic N) is 2. The van der Waals surface area contributed by atoms with Crippen LogP contribution < -0.4 is 5.32 Å². The number of carboxylic acid groups (broad SMARTS) is 1. The van der Waals surface area contributed by atoms with Crippen molar-refractivity contribution in [3.05, 3.63) is 11.9 Å². The van der Waals surface area contributed by atoms with Crippen molar-refractivity contribution in [2.75, 3.05) is 6.54 Å². The summed E-state index contributed by atoms with van der Waals surface area (Å²) >= 11 is 0. The standard InChI is InChI=1S/C13H22N4O3/c1-13(2,3)9(4-5-11(18)19)6-7-14-12(20)10-8-15-17-16-10/h8-9H,4-7H2,1-3H3,(H,14,20)(H,18,19)(H,15,16,17). The second-order valence-electron chi connectivity index (χ2n) is 5.90. The zero-order chi connectivity index (χ0) is 15.2. The number of H-pyrrole nitrogens is 1. The van der Waals surface area contributed by atoms with Gasteiger partial charge in [-0.15, -0.1) is 0 Å². The fourth-order valence-electron chi connectivity index (χ4n) is 2.07. The van der Waals surface area contributed by atoms with Crippen LogP contribution in [0.25, 0.3) is 0 Å². The molecule has 0 radical (unpaired) electrons. The minimum Gasteiger partial charge on any atom is -0.481 e. The third-order valence-electron chi connectivity index (χ3n) is 3.36. The fourth-order valence-corrected chi connectivity index (χ4v) is 2.07. The van der Waals surface area contributed by atoms with E-state index in [2.05, 4.69) is 41.5 Å². The Morgan fingerprint density at radius 2 is 2.10 bits per heavy atom. The maximum absolute atomic E-state index is 11.7. The molecule has 0 aromatic carbocycles. The Labute approximate surface area is 118 Å². The molecule has 0 aliphatic heterocycles. The van der Waals surface area contributed by atoms with Gasteiger partial charge in [-0.1, -0.05) is 20.8 Å². The predicted molar refractivity (Wildman–Crippen MR) is 73.1 cm³/mol. The van der Waals surface area contributed by atoms with Gasteiger partial charge in [-0.3, -0.25) is 9.59 Å². The van der Waals surface area contributed by atoms with Crippen LogP contribution in [0.5, 0.6) is 0 Å². The molecule has 1 unspecified atom stereocenters. The molecular formula is C13H22N4O3. The zero-order valence-corrected chi connectivity index (χ0v) is 12.1. The van der Waals surface area contributed by atoms with Crippen molar-refractivity contribution in [1.82, 2.24) is 20.7 Å². The van der Waals surface area contributed by atoms with Gasteiger partial charge in [0.05, 0.1) is 6.20 Å². The van der Waals surface area contributed by atoms with Crippen LogP contribution in [0.1, 0.15) is 50.5 Å². The van der Waals surface area contributed by atoms with Gasteiger partial charge in [-0.25, -0.2) is 0 Å². The highest BCUT2D eigenvalue weighted by Crippen LogP contribution is 2.32. The summed E-state index contributed by atoms with van der Waals surface area (Å²) in [7, 11) is 0. The molecule has 0 spiro atoms.